The number of methoxy groups -OCH3 is 1. The van der Waals surface area contributed by atoms with E-state index in [1.807, 2.05) is 47.4 Å². The van der Waals surface area contributed by atoms with Gasteiger partial charge in [0.1, 0.15) is 16.3 Å². The van der Waals surface area contributed by atoms with E-state index in [1.54, 1.807) is 25.5 Å². The Morgan fingerprint density at radius 2 is 1.79 bits per heavy atom. The van der Waals surface area contributed by atoms with Crippen molar-refractivity contribution in [3.63, 3.8) is 0 Å². The lowest BCUT2D eigenvalue weighted by molar-refractivity contribution is -0.134. The summed E-state index contributed by atoms with van der Waals surface area (Å²) in [7, 11) is 3.25. The Kier molecular flexibility index (Phi) is 5.80. The molecule has 172 valence electrons. The molecule has 0 unspecified atom stereocenters. The summed E-state index contributed by atoms with van der Waals surface area (Å²) >= 11 is 1.72. The van der Waals surface area contributed by atoms with E-state index in [9.17, 15) is 9.59 Å². The van der Waals surface area contributed by atoms with Gasteiger partial charge in [0.2, 0.25) is 0 Å². The van der Waals surface area contributed by atoms with Gasteiger partial charge in [-0.3, -0.25) is 14.6 Å². The lowest BCUT2D eigenvalue weighted by Gasteiger charge is -2.42. The van der Waals surface area contributed by atoms with Gasteiger partial charge in [0.15, 0.2) is 0 Å². The molecule has 2 aliphatic heterocycles. The Hall–Kier alpha value is -2.97. The first-order chi connectivity index (χ1) is 16.0. The average molecular weight is 465 g/mol. The summed E-state index contributed by atoms with van der Waals surface area (Å²) in [5, 5.41) is 1.09. The van der Waals surface area contributed by atoms with Crippen molar-refractivity contribution in [1.29, 1.82) is 0 Å². The van der Waals surface area contributed by atoms with E-state index in [-0.39, 0.29) is 11.9 Å². The van der Waals surface area contributed by atoms with E-state index in [2.05, 4.69) is 11.0 Å². The summed E-state index contributed by atoms with van der Waals surface area (Å²) in [6.45, 7) is 2.84. The fraction of sp³-hybridized carbons (Fsp3) is 0.400. The number of amides is 3. The molecule has 2 aromatic carbocycles. The van der Waals surface area contributed by atoms with Crippen LogP contribution in [0.15, 0.2) is 48.5 Å². The molecule has 2 saturated heterocycles. The number of thiazole rings is 1. The molecule has 7 nitrogen and oxygen atoms in total. The maximum absolute atomic E-state index is 13.2. The number of carbonyl (C=O) groups is 2. The second-order valence-electron chi connectivity index (χ2n) is 8.78. The quantitative estimate of drug-likeness (QED) is 0.520. The molecule has 3 heterocycles. The van der Waals surface area contributed by atoms with Crippen molar-refractivity contribution in [2.75, 3.05) is 33.8 Å². The molecule has 33 heavy (non-hydrogen) atoms. The molecule has 2 fully saturated rings. The minimum Gasteiger partial charge on any atom is -0.497 e. The molecule has 0 aliphatic carbocycles. The van der Waals surface area contributed by atoms with Gasteiger partial charge in [0, 0.05) is 26.7 Å². The van der Waals surface area contributed by atoms with Crippen LogP contribution >= 0.6 is 11.3 Å². The number of imide groups is 1. The van der Waals surface area contributed by atoms with Gasteiger partial charge in [-0.15, -0.1) is 11.3 Å². The molecule has 2 aliphatic rings. The third-order valence-electron chi connectivity index (χ3n) is 6.90. The number of hydrogen-bond donors (Lipinski definition) is 0. The van der Waals surface area contributed by atoms with Gasteiger partial charge in [-0.1, -0.05) is 24.3 Å². The fourth-order valence-electron chi connectivity index (χ4n) is 4.97. The number of ether oxygens (including phenoxy) is 1. The van der Waals surface area contributed by atoms with Crippen LogP contribution in [0.1, 0.15) is 23.4 Å². The minimum absolute atomic E-state index is 0.0677. The summed E-state index contributed by atoms with van der Waals surface area (Å²) in [5.41, 5.74) is 1.42. The van der Waals surface area contributed by atoms with E-state index in [1.165, 1.54) is 9.60 Å². The highest BCUT2D eigenvalue weighted by atomic mass is 32.1. The van der Waals surface area contributed by atoms with Crippen LogP contribution in [-0.4, -0.2) is 71.0 Å². The van der Waals surface area contributed by atoms with Crippen LogP contribution in [-0.2, 0) is 17.8 Å². The first-order valence-corrected chi connectivity index (χ1v) is 12.1. The second-order valence-corrected chi connectivity index (χ2v) is 9.89. The van der Waals surface area contributed by atoms with Gasteiger partial charge in [0.25, 0.3) is 5.91 Å². The molecule has 8 heteroatoms. The van der Waals surface area contributed by atoms with Crippen LogP contribution in [0.2, 0.25) is 0 Å². The van der Waals surface area contributed by atoms with Gasteiger partial charge in [-0.25, -0.2) is 9.78 Å². The Labute approximate surface area is 197 Å². The SMILES string of the molecule is COc1ccc(CCN2C(=O)N(C)C(=O)C23CCN(Cc2nc4ccccc4s2)CC3)cc1. The van der Waals surface area contributed by atoms with Gasteiger partial charge in [0.05, 0.1) is 23.9 Å². The van der Waals surface area contributed by atoms with Crippen molar-refractivity contribution in [3.05, 3.63) is 59.1 Å². The monoisotopic (exact) mass is 464 g/mol. The van der Waals surface area contributed by atoms with E-state index < -0.39 is 5.54 Å². The van der Waals surface area contributed by atoms with Crippen LogP contribution in [0.5, 0.6) is 5.75 Å². The largest absolute Gasteiger partial charge is 0.497 e. The van der Waals surface area contributed by atoms with Crippen LogP contribution in [0.4, 0.5) is 4.79 Å². The molecule has 3 amide bonds. The number of hydrogen-bond acceptors (Lipinski definition) is 6. The zero-order chi connectivity index (χ0) is 23.0. The lowest BCUT2D eigenvalue weighted by atomic mass is 9.85. The van der Waals surface area contributed by atoms with Gasteiger partial charge >= 0.3 is 6.03 Å². The highest BCUT2D eigenvalue weighted by Crippen LogP contribution is 2.37. The topological polar surface area (TPSA) is 66.0 Å². The Balaban J connectivity index is 1.27. The van der Waals surface area contributed by atoms with Gasteiger partial charge in [-0.2, -0.15) is 0 Å². The molecular formula is C25H28N4O3S. The number of aromatic nitrogens is 1. The summed E-state index contributed by atoms with van der Waals surface area (Å²) in [6, 6.07) is 15.9. The highest BCUT2D eigenvalue weighted by molar-refractivity contribution is 7.18. The number of nitrogens with zero attached hydrogens (tertiary/aromatic N) is 4. The maximum atomic E-state index is 13.2. The van der Waals surface area contributed by atoms with Crippen LogP contribution in [0.25, 0.3) is 10.2 Å². The minimum atomic E-state index is -0.734. The summed E-state index contributed by atoms with van der Waals surface area (Å²) in [6.07, 6.45) is 2.00. The summed E-state index contributed by atoms with van der Waals surface area (Å²) < 4.78 is 6.43. The van der Waals surface area contributed by atoms with Crippen LogP contribution in [0, 0.1) is 0 Å². The number of piperidine rings is 1. The number of likely N-dealkylation sites (tertiary alicyclic amines) is 1. The van der Waals surface area contributed by atoms with Crippen molar-refractivity contribution in [3.8, 4) is 5.75 Å². The zero-order valence-electron chi connectivity index (χ0n) is 19.0. The Morgan fingerprint density at radius 3 is 2.48 bits per heavy atom. The van der Waals surface area contributed by atoms with Gasteiger partial charge < -0.3 is 9.64 Å². The maximum Gasteiger partial charge on any atom is 0.327 e. The lowest BCUT2D eigenvalue weighted by Crippen LogP contribution is -2.56. The van der Waals surface area contributed by atoms with Crippen molar-refractivity contribution in [2.24, 2.45) is 0 Å². The average Bonchev–Trinajstić information content (AvgIpc) is 3.33. The predicted octanol–water partition coefficient (Wildman–Crippen LogP) is 3.78. The summed E-state index contributed by atoms with van der Waals surface area (Å²) in [5.74, 6) is 0.741. The van der Waals surface area contributed by atoms with Crippen LogP contribution in [0.3, 0.4) is 0 Å². The number of para-hydroxylation sites is 1. The van der Waals surface area contributed by atoms with E-state index in [0.717, 1.165) is 41.5 Å². The number of fused-ring (bicyclic) bond motifs is 1. The number of carbonyl (C=O) groups excluding carboxylic acids is 2. The molecule has 3 aromatic rings. The molecule has 5 rings (SSSR count). The molecule has 0 radical (unpaired) electrons. The number of benzene rings is 2. The predicted molar refractivity (Wildman–Crippen MR) is 128 cm³/mol. The fourth-order valence-corrected chi connectivity index (χ4v) is 5.97. The number of likely N-dealkylation sites (N-methyl/N-ethyl adjacent to an activating group) is 1. The number of urea groups is 1. The smallest absolute Gasteiger partial charge is 0.327 e. The van der Waals surface area contributed by atoms with E-state index in [4.69, 9.17) is 9.72 Å². The molecule has 0 atom stereocenters. The first-order valence-electron chi connectivity index (χ1n) is 11.3. The van der Waals surface area contributed by atoms with Crippen molar-refractivity contribution < 1.29 is 14.3 Å². The first kappa shape index (κ1) is 21.9. The normalized spacial score (nSPS) is 18.6. The van der Waals surface area contributed by atoms with Gasteiger partial charge in [-0.05, 0) is 49.1 Å². The highest BCUT2D eigenvalue weighted by Gasteiger charge is 2.56. The molecular weight excluding hydrogens is 436 g/mol. The second kappa shape index (κ2) is 8.76. The van der Waals surface area contributed by atoms with Crippen LogP contribution < -0.4 is 4.74 Å². The number of rotatable bonds is 6. The van der Waals surface area contributed by atoms with E-state index >= 15 is 0 Å². The summed E-state index contributed by atoms with van der Waals surface area (Å²) in [4.78, 5) is 36.4. The van der Waals surface area contributed by atoms with Crippen molar-refractivity contribution in [2.45, 2.75) is 31.3 Å². The third-order valence-corrected chi connectivity index (χ3v) is 7.92. The molecule has 1 aromatic heterocycles. The zero-order valence-corrected chi connectivity index (χ0v) is 19.8. The van der Waals surface area contributed by atoms with Crippen molar-refractivity contribution in [1.82, 2.24) is 19.7 Å². The Bertz CT molecular complexity index is 1130. The standard InChI is InChI=1S/C25H28N4O3S/c1-27-23(30)25(29(24(27)31)14-11-18-7-9-19(32-2)10-8-18)12-15-28(16-13-25)17-22-26-20-5-3-4-6-21(20)33-22/h3-10H,11-17H2,1-2H3. The molecule has 1 spiro atoms. The molecule has 0 saturated carbocycles. The third kappa shape index (κ3) is 3.98. The van der Waals surface area contributed by atoms with Crippen molar-refractivity contribution >= 4 is 33.5 Å². The van der Waals surface area contributed by atoms with E-state index in [0.29, 0.717) is 25.8 Å². The Morgan fingerprint density at radius 1 is 1.06 bits per heavy atom. The molecule has 0 N–H and O–H groups in total. The molecule has 0 bridgehead atoms.